The second-order valence-electron chi connectivity index (χ2n) is 4.14. The molecule has 19 heavy (non-hydrogen) atoms. The molecule has 10 heteroatoms. The SMILES string of the molecule is CC(C)NS(=O)(=O)c1cc(S(N)(=O)=O)c(N)cc1Cl. The molecule has 1 rings (SSSR count). The number of nitrogens with two attached hydrogens (primary N) is 2. The van der Waals surface area contributed by atoms with E-state index in [-0.39, 0.29) is 21.6 Å². The molecule has 0 amide bonds. The van der Waals surface area contributed by atoms with E-state index in [2.05, 4.69) is 4.72 Å². The number of halogens is 1. The summed E-state index contributed by atoms with van der Waals surface area (Å²) in [5.41, 5.74) is 5.25. The molecule has 0 aliphatic carbocycles. The largest absolute Gasteiger partial charge is 0.398 e. The van der Waals surface area contributed by atoms with Crippen molar-refractivity contribution in [3.63, 3.8) is 0 Å². The minimum atomic E-state index is -4.14. The average molecular weight is 328 g/mol. The minimum absolute atomic E-state index is 0.182. The Balaban J connectivity index is 3.55. The number of anilines is 1. The molecular formula is C9H14ClN3O4S2. The van der Waals surface area contributed by atoms with Crippen LogP contribution in [0, 0.1) is 0 Å². The van der Waals surface area contributed by atoms with Gasteiger partial charge in [-0.1, -0.05) is 11.6 Å². The number of benzene rings is 1. The van der Waals surface area contributed by atoms with Crippen LogP contribution < -0.4 is 15.6 Å². The number of rotatable bonds is 4. The maximum Gasteiger partial charge on any atom is 0.242 e. The van der Waals surface area contributed by atoms with Gasteiger partial charge in [0.25, 0.3) is 0 Å². The van der Waals surface area contributed by atoms with Crippen molar-refractivity contribution >= 4 is 37.3 Å². The van der Waals surface area contributed by atoms with Crippen LogP contribution in [0.4, 0.5) is 5.69 Å². The van der Waals surface area contributed by atoms with Crippen molar-refractivity contribution in [1.29, 1.82) is 0 Å². The third-order valence-corrected chi connectivity index (χ3v) is 5.14. The Morgan fingerprint density at radius 3 is 2.11 bits per heavy atom. The van der Waals surface area contributed by atoms with Crippen LogP contribution in [-0.4, -0.2) is 22.9 Å². The third kappa shape index (κ3) is 3.80. The van der Waals surface area contributed by atoms with Crippen LogP contribution in [0.1, 0.15) is 13.8 Å². The van der Waals surface area contributed by atoms with Gasteiger partial charge in [-0.2, -0.15) is 0 Å². The highest BCUT2D eigenvalue weighted by molar-refractivity contribution is 7.90. The van der Waals surface area contributed by atoms with Gasteiger partial charge in [0.1, 0.15) is 9.79 Å². The molecule has 5 N–H and O–H groups in total. The second-order valence-corrected chi connectivity index (χ2v) is 7.76. The predicted octanol–water partition coefficient (Wildman–Crippen LogP) is 0.256. The van der Waals surface area contributed by atoms with Crippen molar-refractivity contribution in [1.82, 2.24) is 4.72 Å². The number of hydrogen-bond acceptors (Lipinski definition) is 5. The van der Waals surface area contributed by atoms with Crippen molar-refractivity contribution in [2.24, 2.45) is 5.14 Å². The lowest BCUT2D eigenvalue weighted by atomic mass is 10.3. The molecule has 0 aromatic heterocycles. The molecule has 0 fully saturated rings. The van der Waals surface area contributed by atoms with Crippen LogP contribution >= 0.6 is 11.6 Å². The summed E-state index contributed by atoms with van der Waals surface area (Å²) in [6.45, 7) is 3.23. The average Bonchev–Trinajstić information content (AvgIpc) is 2.11. The van der Waals surface area contributed by atoms with Crippen LogP contribution in [-0.2, 0) is 20.0 Å². The summed E-state index contributed by atoms with van der Waals surface area (Å²) in [6.07, 6.45) is 0. The standard InChI is InChI=1S/C9H14ClN3O4S2/c1-5(2)13-19(16,17)8-4-9(18(12,14)15)7(11)3-6(8)10/h3-5,13H,11H2,1-2H3,(H2,12,14,15). The monoisotopic (exact) mass is 327 g/mol. The lowest BCUT2D eigenvalue weighted by molar-refractivity contribution is 0.569. The number of nitrogens with one attached hydrogen (secondary N) is 1. The summed E-state index contributed by atoms with van der Waals surface area (Å²) >= 11 is 5.78. The van der Waals surface area contributed by atoms with Crippen LogP contribution in [0.25, 0.3) is 0 Å². The molecule has 0 bridgehead atoms. The van der Waals surface area contributed by atoms with E-state index in [0.717, 1.165) is 12.1 Å². The Bertz CT molecular complexity index is 698. The maximum absolute atomic E-state index is 12.0. The van der Waals surface area contributed by atoms with Crippen molar-refractivity contribution in [3.05, 3.63) is 17.2 Å². The highest BCUT2D eigenvalue weighted by atomic mass is 35.5. The van der Waals surface area contributed by atoms with Crippen LogP contribution in [0.5, 0.6) is 0 Å². The fourth-order valence-electron chi connectivity index (χ4n) is 1.38. The molecule has 0 saturated heterocycles. The van der Waals surface area contributed by atoms with Gasteiger partial charge in [0, 0.05) is 6.04 Å². The molecule has 0 heterocycles. The van der Waals surface area contributed by atoms with Crippen LogP contribution in [0.15, 0.2) is 21.9 Å². The zero-order chi connectivity index (χ0) is 15.0. The summed E-state index contributed by atoms with van der Waals surface area (Å²) in [5, 5.41) is 4.77. The van der Waals surface area contributed by atoms with E-state index in [9.17, 15) is 16.8 Å². The summed E-state index contributed by atoms with van der Waals surface area (Å²) < 4.78 is 48.9. The van der Waals surface area contributed by atoms with Gasteiger partial charge in [0.05, 0.1) is 10.7 Å². The molecule has 0 atom stereocenters. The van der Waals surface area contributed by atoms with E-state index in [1.807, 2.05) is 0 Å². The highest BCUT2D eigenvalue weighted by Crippen LogP contribution is 2.29. The molecule has 7 nitrogen and oxygen atoms in total. The van der Waals surface area contributed by atoms with Crippen molar-refractivity contribution < 1.29 is 16.8 Å². The first-order valence-corrected chi connectivity index (χ1v) is 8.50. The first-order chi connectivity index (χ1) is 8.45. The van der Waals surface area contributed by atoms with Gasteiger partial charge < -0.3 is 5.73 Å². The summed E-state index contributed by atoms with van der Waals surface area (Å²) in [6, 6.07) is 1.50. The first-order valence-electron chi connectivity index (χ1n) is 5.09. The number of nitrogen functional groups attached to an aromatic ring is 1. The van der Waals surface area contributed by atoms with E-state index in [0.29, 0.717) is 0 Å². The van der Waals surface area contributed by atoms with E-state index in [1.165, 1.54) is 0 Å². The molecular weight excluding hydrogens is 314 g/mol. The lowest BCUT2D eigenvalue weighted by Gasteiger charge is -2.13. The highest BCUT2D eigenvalue weighted by Gasteiger charge is 2.24. The Labute approximate surface area is 117 Å². The smallest absolute Gasteiger partial charge is 0.242 e. The number of primary sulfonamides is 1. The summed E-state index contributed by atoms with van der Waals surface area (Å²) in [4.78, 5) is -0.873. The van der Waals surface area contributed by atoms with Crippen molar-refractivity contribution in [2.75, 3.05) is 5.73 Å². The summed E-state index contributed by atoms with van der Waals surface area (Å²) in [5.74, 6) is 0. The number of hydrogen-bond donors (Lipinski definition) is 3. The quantitative estimate of drug-likeness (QED) is 0.682. The van der Waals surface area contributed by atoms with Gasteiger partial charge in [0.15, 0.2) is 0 Å². The molecule has 0 aliphatic rings. The van der Waals surface area contributed by atoms with Gasteiger partial charge in [-0.25, -0.2) is 26.7 Å². The fourth-order valence-corrected chi connectivity index (χ4v) is 3.93. The van der Waals surface area contributed by atoms with E-state index < -0.39 is 24.9 Å². The topological polar surface area (TPSA) is 132 Å². The van der Waals surface area contributed by atoms with Gasteiger partial charge >= 0.3 is 0 Å². The fraction of sp³-hybridized carbons (Fsp3) is 0.333. The molecule has 1 aromatic rings. The molecule has 1 aromatic carbocycles. The second kappa shape index (κ2) is 5.25. The molecule has 108 valence electrons. The van der Waals surface area contributed by atoms with E-state index in [1.54, 1.807) is 13.8 Å². The Kier molecular flexibility index (Phi) is 4.47. The molecule has 0 radical (unpaired) electrons. The summed E-state index contributed by atoms with van der Waals surface area (Å²) in [7, 11) is -8.08. The van der Waals surface area contributed by atoms with Crippen LogP contribution in [0.2, 0.25) is 5.02 Å². The first kappa shape index (κ1) is 16.2. The Morgan fingerprint density at radius 2 is 1.68 bits per heavy atom. The molecule has 0 saturated carbocycles. The zero-order valence-electron chi connectivity index (χ0n) is 10.2. The van der Waals surface area contributed by atoms with Crippen molar-refractivity contribution in [2.45, 2.75) is 29.7 Å². The van der Waals surface area contributed by atoms with Gasteiger partial charge in [-0.15, -0.1) is 0 Å². The Hall–Kier alpha value is -0.870. The van der Waals surface area contributed by atoms with Gasteiger partial charge in [0.2, 0.25) is 20.0 Å². The molecule has 0 aliphatic heterocycles. The van der Waals surface area contributed by atoms with Gasteiger partial charge in [-0.3, -0.25) is 0 Å². The third-order valence-electron chi connectivity index (χ3n) is 2.05. The molecule has 0 unspecified atom stereocenters. The predicted molar refractivity (Wildman–Crippen MR) is 72.7 cm³/mol. The minimum Gasteiger partial charge on any atom is -0.398 e. The van der Waals surface area contributed by atoms with Crippen LogP contribution in [0.3, 0.4) is 0 Å². The van der Waals surface area contributed by atoms with E-state index >= 15 is 0 Å². The number of sulfonamides is 2. The maximum atomic E-state index is 12.0. The van der Waals surface area contributed by atoms with Crippen molar-refractivity contribution in [3.8, 4) is 0 Å². The normalized spacial score (nSPS) is 12.9. The lowest BCUT2D eigenvalue weighted by Crippen LogP contribution is -2.30. The zero-order valence-corrected chi connectivity index (χ0v) is 12.6. The Morgan fingerprint density at radius 1 is 1.16 bits per heavy atom. The van der Waals surface area contributed by atoms with E-state index in [4.69, 9.17) is 22.5 Å². The van der Waals surface area contributed by atoms with Gasteiger partial charge in [-0.05, 0) is 26.0 Å². The molecule has 0 spiro atoms.